The standard InChI is InChI=1S/C16H17FN2O2/c1-11-3-2-4-13(9-11)21-8-7-19-16(20)14-6-5-12(18)10-15(14)17/h2-6,9-10H,7-8,18H2,1H3,(H,19,20). The van der Waals surface area contributed by atoms with Crippen LogP contribution in [0.25, 0.3) is 0 Å². The van der Waals surface area contributed by atoms with Crippen molar-refractivity contribution < 1.29 is 13.9 Å². The van der Waals surface area contributed by atoms with Crippen molar-refractivity contribution in [1.29, 1.82) is 0 Å². The van der Waals surface area contributed by atoms with Gasteiger partial charge in [0, 0.05) is 5.69 Å². The van der Waals surface area contributed by atoms with Gasteiger partial charge in [-0.25, -0.2) is 4.39 Å². The Hall–Kier alpha value is -2.56. The number of carbonyl (C=O) groups is 1. The lowest BCUT2D eigenvalue weighted by Gasteiger charge is -2.09. The fraction of sp³-hybridized carbons (Fsp3) is 0.188. The van der Waals surface area contributed by atoms with Gasteiger partial charge in [-0.3, -0.25) is 4.79 Å². The van der Waals surface area contributed by atoms with E-state index in [1.807, 2.05) is 31.2 Å². The molecule has 3 N–H and O–H groups in total. The highest BCUT2D eigenvalue weighted by Crippen LogP contribution is 2.12. The number of rotatable bonds is 5. The largest absolute Gasteiger partial charge is 0.492 e. The third-order valence-corrected chi connectivity index (χ3v) is 2.88. The predicted octanol–water partition coefficient (Wildman–Crippen LogP) is 2.53. The lowest BCUT2D eigenvalue weighted by atomic mass is 10.2. The number of aryl methyl sites for hydroxylation is 1. The van der Waals surface area contributed by atoms with Crippen LogP contribution < -0.4 is 15.8 Å². The SMILES string of the molecule is Cc1cccc(OCCNC(=O)c2ccc(N)cc2F)c1. The molecule has 0 aromatic heterocycles. The molecular weight excluding hydrogens is 271 g/mol. The molecule has 0 atom stereocenters. The molecule has 4 nitrogen and oxygen atoms in total. The highest BCUT2D eigenvalue weighted by atomic mass is 19.1. The molecular formula is C16H17FN2O2. The predicted molar refractivity (Wildman–Crippen MR) is 79.8 cm³/mol. The van der Waals surface area contributed by atoms with E-state index in [0.29, 0.717) is 6.61 Å². The molecule has 0 spiro atoms. The summed E-state index contributed by atoms with van der Waals surface area (Å²) < 4.78 is 19.0. The number of carbonyl (C=O) groups excluding carboxylic acids is 1. The Labute approximate surface area is 122 Å². The van der Waals surface area contributed by atoms with Gasteiger partial charge in [0.2, 0.25) is 0 Å². The minimum atomic E-state index is -0.632. The van der Waals surface area contributed by atoms with Crippen LogP contribution in [-0.4, -0.2) is 19.1 Å². The van der Waals surface area contributed by atoms with Gasteiger partial charge in [-0.1, -0.05) is 12.1 Å². The molecule has 5 heteroatoms. The molecule has 0 aliphatic rings. The van der Waals surface area contributed by atoms with Crippen LogP contribution in [0.4, 0.5) is 10.1 Å². The van der Waals surface area contributed by atoms with Crippen molar-refractivity contribution in [3.05, 3.63) is 59.4 Å². The van der Waals surface area contributed by atoms with Crippen molar-refractivity contribution in [3.8, 4) is 5.75 Å². The molecule has 21 heavy (non-hydrogen) atoms. The zero-order chi connectivity index (χ0) is 15.2. The quantitative estimate of drug-likeness (QED) is 0.656. The second kappa shape index (κ2) is 6.74. The third-order valence-electron chi connectivity index (χ3n) is 2.88. The van der Waals surface area contributed by atoms with Crippen LogP contribution in [0.5, 0.6) is 5.75 Å². The van der Waals surface area contributed by atoms with Crippen molar-refractivity contribution in [1.82, 2.24) is 5.32 Å². The molecule has 2 aromatic carbocycles. The number of amides is 1. The Morgan fingerprint density at radius 3 is 2.81 bits per heavy atom. The first-order valence-electron chi connectivity index (χ1n) is 6.59. The van der Waals surface area contributed by atoms with Gasteiger partial charge < -0.3 is 15.8 Å². The number of anilines is 1. The van der Waals surface area contributed by atoms with Crippen molar-refractivity contribution in [2.75, 3.05) is 18.9 Å². The molecule has 1 amide bonds. The van der Waals surface area contributed by atoms with E-state index >= 15 is 0 Å². The highest BCUT2D eigenvalue weighted by Gasteiger charge is 2.11. The summed E-state index contributed by atoms with van der Waals surface area (Å²) in [4.78, 5) is 11.8. The summed E-state index contributed by atoms with van der Waals surface area (Å²) in [5.41, 5.74) is 6.79. The molecule has 0 unspecified atom stereocenters. The summed E-state index contributed by atoms with van der Waals surface area (Å²) >= 11 is 0. The molecule has 0 radical (unpaired) electrons. The first-order chi connectivity index (χ1) is 10.1. The number of hydrogen-bond donors (Lipinski definition) is 2. The highest BCUT2D eigenvalue weighted by molar-refractivity contribution is 5.94. The summed E-state index contributed by atoms with van der Waals surface area (Å²) in [6, 6.07) is 11.6. The topological polar surface area (TPSA) is 64.3 Å². The van der Waals surface area contributed by atoms with Gasteiger partial charge in [0.25, 0.3) is 5.91 Å². The second-order valence-electron chi connectivity index (χ2n) is 4.66. The molecule has 0 saturated carbocycles. The van der Waals surface area contributed by atoms with Crippen molar-refractivity contribution in [2.45, 2.75) is 6.92 Å². The Kier molecular flexibility index (Phi) is 4.77. The monoisotopic (exact) mass is 288 g/mol. The van der Waals surface area contributed by atoms with Crippen LogP contribution in [0.3, 0.4) is 0 Å². The molecule has 2 rings (SSSR count). The van der Waals surface area contributed by atoms with Crippen molar-refractivity contribution >= 4 is 11.6 Å². The van der Waals surface area contributed by atoms with Gasteiger partial charge in [0.15, 0.2) is 0 Å². The molecule has 0 bridgehead atoms. The first-order valence-corrected chi connectivity index (χ1v) is 6.59. The minimum absolute atomic E-state index is 0.0280. The van der Waals surface area contributed by atoms with E-state index in [4.69, 9.17) is 10.5 Å². The molecule has 2 aromatic rings. The summed E-state index contributed by atoms with van der Waals surface area (Å²) in [5, 5.41) is 2.60. The molecule has 110 valence electrons. The Morgan fingerprint density at radius 1 is 1.29 bits per heavy atom. The lowest BCUT2D eigenvalue weighted by Crippen LogP contribution is -2.28. The van der Waals surface area contributed by atoms with Crippen LogP contribution in [-0.2, 0) is 0 Å². The van der Waals surface area contributed by atoms with Gasteiger partial charge >= 0.3 is 0 Å². The van der Waals surface area contributed by atoms with Gasteiger partial charge in [-0.15, -0.1) is 0 Å². The second-order valence-corrected chi connectivity index (χ2v) is 4.66. The fourth-order valence-corrected chi connectivity index (χ4v) is 1.85. The van der Waals surface area contributed by atoms with Crippen molar-refractivity contribution in [3.63, 3.8) is 0 Å². The van der Waals surface area contributed by atoms with Gasteiger partial charge in [0.05, 0.1) is 12.1 Å². The molecule has 0 saturated heterocycles. The summed E-state index contributed by atoms with van der Waals surface area (Å²) in [7, 11) is 0. The van der Waals surface area contributed by atoms with Gasteiger partial charge in [-0.05, 0) is 42.8 Å². The Balaban J connectivity index is 1.82. The van der Waals surface area contributed by atoms with Crippen LogP contribution in [0.1, 0.15) is 15.9 Å². The number of ether oxygens (including phenoxy) is 1. The molecule has 0 heterocycles. The number of hydrogen-bond acceptors (Lipinski definition) is 3. The number of nitrogens with one attached hydrogen (secondary N) is 1. The molecule has 0 aliphatic carbocycles. The Bertz CT molecular complexity index is 644. The third kappa shape index (κ3) is 4.21. The summed E-state index contributed by atoms with van der Waals surface area (Å²) in [6.45, 7) is 2.57. The average molecular weight is 288 g/mol. The zero-order valence-corrected chi connectivity index (χ0v) is 11.7. The van der Waals surface area contributed by atoms with Gasteiger partial charge in [-0.2, -0.15) is 0 Å². The van der Waals surface area contributed by atoms with E-state index in [9.17, 15) is 9.18 Å². The fourth-order valence-electron chi connectivity index (χ4n) is 1.85. The molecule has 0 fully saturated rings. The zero-order valence-electron chi connectivity index (χ0n) is 11.7. The van der Waals surface area contributed by atoms with Crippen LogP contribution in [0, 0.1) is 12.7 Å². The maximum Gasteiger partial charge on any atom is 0.254 e. The maximum absolute atomic E-state index is 13.5. The summed E-state index contributed by atoms with van der Waals surface area (Å²) in [6.07, 6.45) is 0. The van der Waals surface area contributed by atoms with E-state index in [1.165, 1.54) is 12.1 Å². The molecule has 0 aliphatic heterocycles. The summed E-state index contributed by atoms with van der Waals surface area (Å²) in [5.74, 6) is -0.379. The van der Waals surface area contributed by atoms with Crippen molar-refractivity contribution in [2.24, 2.45) is 0 Å². The number of nitrogen functional groups attached to an aromatic ring is 1. The maximum atomic E-state index is 13.5. The Morgan fingerprint density at radius 2 is 2.10 bits per heavy atom. The number of benzene rings is 2. The van der Waals surface area contributed by atoms with E-state index in [0.717, 1.165) is 17.4 Å². The minimum Gasteiger partial charge on any atom is -0.492 e. The van der Waals surface area contributed by atoms with E-state index in [2.05, 4.69) is 5.32 Å². The average Bonchev–Trinajstić information content (AvgIpc) is 2.43. The smallest absolute Gasteiger partial charge is 0.254 e. The number of nitrogens with two attached hydrogens (primary N) is 1. The van der Waals surface area contributed by atoms with Crippen LogP contribution in [0.15, 0.2) is 42.5 Å². The van der Waals surface area contributed by atoms with Gasteiger partial charge in [0.1, 0.15) is 18.2 Å². The van der Waals surface area contributed by atoms with E-state index < -0.39 is 11.7 Å². The normalized spacial score (nSPS) is 10.2. The first kappa shape index (κ1) is 14.8. The van der Waals surface area contributed by atoms with E-state index in [-0.39, 0.29) is 17.8 Å². The number of halogens is 1. The lowest BCUT2D eigenvalue weighted by molar-refractivity contribution is 0.0943. The van der Waals surface area contributed by atoms with Crippen LogP contribution in [0.2, 0.25) is 0 Å². The van der Waals surface area contributed by atoms with Crippen LogP contribution >= 0.6 is 0 Å². The van der Waals surface area contributed by atoms with E-state index in [1.54, 1.807) is 0 Å².